The van der Waals surface area contributed by atoms with Crippen LogP contribution in [0.1, 0.15) is 23.1 Å². The second-order valence-corrected chi connectivity index (χ2v) is 8.10. The van der Waals surface area contributed by atoms with Crippen LogP contribution in [-0.2, 0) is 4.79 Å². The predicted molar refractivity (Wildman–Crippen MR) is 135 cm³/mol. The van der Waals surface area contributed by atoms with E-state index in [1.807, 2.05) is 57.4 Å². The van der Waals surface area contributed by atoms with Gasteiger partial charge in [-0.05, 0) is 75.0 Å². The van der Waals surface area contributed by atoms with Crippen LogP contribution < -0.4 is 10.6 Å². The number of rotatable bonds is 10. The number of carbonyl (C=O) groups is 1. The van der Waals surface area contributed by atoms with Gasteiger partial charge in [0, 0.05) is 30.1 Å². The van der Waals surface area contributed by atoms with E-state index in [9.17, 15) is 10.1 Å². The Kier molecular flexibility index (Phi) is 8.32. The topological polar surface area (TPSA) is 114 Å². The highest BCUT2D eigenvalue weighted by Gasteiger charge is 2.11. The van der Waals surface area contributed by atoms with Gasteiger partial charge in [-0.2, -0.15) is 10.2 Å². The maximum absolute atomic E-state index is 10.9. The molecule has 34 heavy (non-hydrogen) atoms. The van der Waals surface area contributed by atoms with Gasteiger partial charge in [0.15, 0.2) is 0 Å². The maximum Gasteiger partial charge on any atom is 0.328 e. The monoisotopic (exact) mass is 456 g/mol. The highest BCUT2D eigenvalue weighted by atomic mass is 16.4. The third-order valence-electron chi connectivity index (χ3n) is 5.09. The molecule has 3 aromatic rings. The van der Waals surface area contributed by atoms with Gasteiger partial charge in [-0.25, -0.2) is 9.78 Å². The van der Waals surface area contributed by atoms with Crippen LogP contribution in [0.25, 0.3) is 17.2 Å². The van der Waals surface area contributed by atoms with Crippen molar-refractivity contribution in [3.8, 4) is 17.2 Å². The third kappa shape index (κ3) is 6.89. The second kappa shape index (κ2) is 11.6. The lowest BCUT2D eigenvalue weighted by Crippen LogP contribution is -2.17. The Hall–Kier alpha value is -4.22. The average molecular weight is 457 g/mol. The van der Waals surface area contributed by atoms with Crippen LogP contribution in [0.15, 0.2) is 54.7 Å². The number of aliphatic carboxylic acids is 1. The molecule has 1 heterocycles. The Morgan fingerprint density at radius 2 is 2.06 bits per heavy atom. The van der Waals surface area contributed by atoms with Crippen molar-refractivity contribution in [2.75, 3.05) is 37.8 Å². The molecule has 174 valence electrons. The first-order chi connectivity index (χ1) is 16.4. The first-order valence-electron chi connectivity index (χ1n) is 10.9. The molecule has 0 spiro atoms. The maximum atomic E-state index is 10.9. The van der Waals surface area contributed by atoms with Gasteiger partial charge in [0.25, 0.3) is 0 Å². The first-order valence-corrected chi connectivity index (χ1v) is 10.9. The van der Waals surface area contributed by atoms with E-state index in [1.54, 1.807) is 18.3 Å². The van der Waals surface area contributed by atoms with Gasteiger partial charge in [0.1, 0.15) is 5.82 Å². The van der Waals surface area contributed by atoms with Crippen LogP contribution in [0.5, 0.6) is 0 Å². The van der Waals surface area contributed by atoms with Crippen molar-refractivity contribution < 1.29 is 9.90 Å². The Labute approximate surface area is 199 Å². The number of nitriles is 1. The normalized spacial score (nSPS) is 10.9. The lowest BCUT2D eigenvalue weighted by molar-refractivity contribution is -0.131. The molecule has 0 unspecified atom stereocenters. The van der Waals surface area contributed by atoms with Crippen LogP contribution in [0.2, 0.25) is 0 Å². The largest absolute Gasteiger partial charge is 0.478 e. The fraction of sp³-hybridized carbons (Fsp3) is 0.231. The van der Waals surface area contributed by atoms with Crippen molar-refractivity contribution in [3.63, 3.8) is 0 Å². The summed E-state index contributed by atoms with van der Waals surface area (Å²) in [6.45, 7) is 3.56. The lowest BCUT2D eigenvalue weighted by atomic mass is 10.0. The zero-order valence-electron chi connectivity index (χ0n) is 19.5. The molecule has 1 aromatic heterocycles. The summed E-state index contributed by atoms with van der Waals surface area (Å²) in [5.41, 5.74) is 4.68. The first kappa shape index (κ1) is 24.4. The molecule has 0 aliphatic carbocycles. The molecule has 0 amide bonds. The van der Waals surface area contributed by atoms with Crippen molar-refractivity contribution in [2.24, 2.45) is 0 Å². The molecule has 3 N–H and O–H groups in total. The zero-order chi connectivity index (χ0) is 24.5. The fourth-order valence-electron chi connectivity index (χ4n) is 3.32. The summed E-state index contributed by atoms with van der Waals surface area (Å²) in [6.07, 6.45) is 5.34. The van der Waals surface area contributed by atoms with Crippen LogP contribution in [0.3, 0.4) is 0 Å². The molecule has 0 aliphatic heterocycles. The molecule has 3 rings (SSSR count). The summed E-state index contributed by atoms with van der Waals surface area (Å²) >= 11 is 0. The lowest BCUT2D eigenvalue weighted by Gasteiger charge is -2.15. The summed E-state index contributed by atoms with van der Waals surface area (Å²) in [7, 11) is 4.07. The number of nitrogens with zero attached hydrogens (tertiary/aromatic N) is 4. The smallest absolute Gasteiger partial charge is 0.328 e. The molecule has 0 aliphatic rings. The highest BCUT2D eigenvalue weighted by molar-refractivity contribution is 5.86. The van der Waals surface area contributed by atoms with Gasteiger partial charge in [-0.15, -0.1) is 0 Å². The Balaban J connectivity index is 1.92. The minimum Gasteiger partial charge on any atom is -0.478 e. The van der Waals surface area contributed by atoms with Gasteiger partial charge >= 0.3 is 5.97 Å². The fourth-order valence-corrected chi connectivity index (χ4v) is 3.32. The van der Waals surface area contributed by atoms with Crippen molar-refractivity contribution in [2.45, 2.75) is 13.3 Å². The third-order valence-corrected chi connectivity index (χ3v) is 5.09. The number of aromatic nitrogens is 2. The molecule has 0 fully saturated rings. The van der Waals surface area contributed by atoms with Crippen LogP contribution in [0, 0.1) is 18.3 Å². The highest BCUT2D eigenvalue weighted by Crippen LogP contribution is 2.29. The minimum absolute atomic E-state index is 0.411. The Bertz CT molecular complexity index is 1230. The summed E-state index contributed by atoms with van der Waals surface area (Å²) in [5.74, 6) is 0.0832. The average Bonchev–Trinajstić information content (AvgIpc) is 2.82. The molecule has 0 saturated carbocycles. The van der Waals surface area contributed by atoms with Crippen molar-refractivity contribution in [1.82, 2.24) is 14.9 Å². The molecule has 2 aromatic carbocycles. The van der Waals surface area contributed by atoms with E-state index in [-0.39, 0.29) is 0 Å². The van der Waals surface area contributed by atoms with Gasteiger partial charge < -0.3 is 20.6 Å². The predicted octanol–water partition coefficient (Wildman–Crippen LogP) is 4.53. The number of aryl methyl sites for hydroxylation is 1. The van der Waals surface area contributed by atoms with Crippen molar-refractivity contribution >= 4 is 29.5 Å². The molecular weight excluding hydrogens is 428 g/mol. The molecule has 8 heteroatoms. The number of anilines is 3. The van der Waals surface area contributed by atoms with E-state index >= 15 is 0 Å². The van der Waals surface area contributed by atoms with E-state index in [2.05, 4.69) is 26.6 Å². The van der Waals surface area contributed by atoms with Crippen LogP contribution >= 0.6 is 0 Å². The summed E-state index contributed by atoms with van der Waals surface area (Å²) < 4.78 is 0. The molecule has 0 atom stereocenters. The number of hydrogen-bond acceptors (Lipinski definition) is 7. The second-order valence-electron chi connectivity index (χ2n) is 8.10. The van der Waals surface area contributed by atoms with Gasteiger partial charge in [0.2, 0.25) is 5.95 Å². The van der Waals surface area contributed by atoms with E-state index < -0.39 is 5.97 Å². The van der Waals surface area contributed by atoms with E-state index in [0.717, 1.165) is 53.5 Å². The van der Waals surface area contributed by atoms with E-state index in [0.29, 0.717) is 17.3 Å². The Morgan fingerprint density at radius 1 is 1.24 bits per heavy atom. The minimum atomic E-state index is -0.997. The Morgan fingerprint density at radius 3 is 2.79 bits per heavy atom. The molecule has 0 bridgehead atoms. The van der Waals surface area contributed by atoms with E-state index in [1.165, 1.54) is 0 Å². The molecule has 0 saturated heterocycles. The number of carboxylic acids is 1. The van der Waals surface area contributed by atoms with Gasteiger partial charge in [-0.1, -0.05) is 24.3 Å². The number of benzene rings is 2. The number of carboxylic acid groups (broad SMARTS) is 1. The van der Waals surface area contributed by atoms with Crippen molar-refractivity contribution in [1.29, 1.82) is 5.26 Å². The number of nitrogens with one attached hydrogen (secondary N) is 2. The quantitative estimate of drug-likeness (QED) is 0.301. The number of hydrogen-bond donors (Lipinski definition) is 3. The van der Waals surface area contributed by atoms with Crippen LogP contribution in [0.4, 0.5) is 17.5 Å². The SMILES string of the molecule is Cc1ccc(Nc2ncc(-c3cccc(C=CC(=O)O)c3)c(NCCCN(C)C)n2)cc1C#N. The van der Waals surface area contributed by atoms with Gasteiger partial charge in [-0.3, -0.25) is 0 Å². The summed E-state index contributed by atoms with van der Waals surface area (Å²) in [6, 6.07) is 15.3. The standard InChI is InChI=1S/C26H28N6O2/c1-18-8-10-22(15-21(18)16-27)30-26-29-17-23(25(31-26)28-12-5-13-32(2)3)20-7-4-6-19(14-20)9-11-24(33)34/h4,6-11,14-15,17H,5,12-13H2,1-3H3,(H,33,34)(H2,28,29,30,31). The van der Waals surface area contributed by atoms with Crippen molar-refractivity contribution in [3.05, 3.63) is 71.4 Å². The summed E-state index contributed by atoms with van der Waals surface area (Å²) in [5, 5.41) is 24.8. The molecule has 0 radical (unpaired) electrons. The molecule has 8 nitrogen and oxygen atoms in total. The molecular formula is C26H28N6O2. The zero-order valence-corrected chi connectivity index (χ0v) is 19.5. The van der Waals surface area contributed by atoms with Gasteiger partial charge in [0.05, 0.1) is 11.6 Å². The van der Waals surface area contributed by atoms with E-state index in [4.69, 9.17) is 10.1 Å². The summed E-state index contributed by atoms with van der Waals surface area (Å²) in [4.78, 5) is 22.2. The van der Waals surface area contributed by atoms with Crippen LogP contribution in [-0.4, -0.2) is 53.1 Å².